The predicted octanol–water partition coefficient (Wildman–Crippen LogP) is 4.58. The molecule has 0 N–H and O–H groups in total. The third kappa shape index (κ3) is 5.53. The Hall–Kier alpha value is -1.31. The quantitative estimate of drug-likeness (QED) is 0.539. The second kappa shape index (κ2) is 6.43. The zero-order valence-electron chi connectivity index (χ0n) is 11.3. The van der Waals surface area contributed by atoms with Crippen LogP contribution in [-0.2, 0) is 4.84 Å². The molecule has 94 valence electrons. The van der Waals surface area contributed by atoms with E-state index in [2.05, 4.69) is 45.0 Å². The molecular formula is C15H23NO. The van der Waals surface area contributed by atoms with E-state index in [0.29, 0.717) is 0 Å². The van der Waals surface area contributed by atoms with Crippen LogP contribution in [0.15, 0.2) is 35.5 Å². The Morgan fingerprint density at radius 2 is 1.88 bits per heavy atom. The van der Waals surface area contributed by atoms with E-state index in [4.69, 9.17) is 4.84 Å². The minimum atomic E-state index is 0.0629. The normalized spacial score (nSPS) is 13.9. The van der Waals surface area contributed by atoms with Crippen LogP contribution in [0.4, 0.5) is 0 Å². The molecule has 1 aromatic rings. The Morgan fingerprint density at radius 1 is 1.24 bits per heavy atom. The van der Waals surface area contributed by atoms with E-state index >= 15 is 0 Å². The Bertz CT molecular complexity index is 338. The number of hydrogen-bond donors (Lipinski definition) is 0. The van der Waals surface area contributed by atoms with E-state index < -0.39 is 0 Å². The molecule has 0 aliphatic carbocycles. The third-order valence-electron chi connectivity index (χ3n) is 2.35. The van der Waals surface area contributed by atoms with Crippen LogP contribution in [0, 0.1) is 5.41 Å². The van der Waals surface area contributed by atoms with Crippen molar-refractivity contribution >= 4 is 6.21 Å². The predicted molar refractivity (Wildman–Crippen MR) is 73.1 cm³/mol. The van der Waals surface area contributed by atoms with Gasteiger partial charge in [-0.3, -0.25) is 0 Å². The monoisotopic (exact) mass is 233 g/mol. The average molecular weight is 233 g/mol. The maximum Gasteiger partial charge on any atom is 0.152 e. The standard InChI is InChI=1S/C15H23NO/c1-5-9-14(13-10-7-6-8-11-13)17-16-12-15(2,3)4/h6-8,10-12,14H,5,9H2,1-4H3/b16-12+/t14-/m0/s1. The van der Waals surface area contributed by atoms with Crippen molar-refractivity contribution in [1.82, 2.24) is 0 Å². The Morgan fingerprint density at radius 3 is 2.41 bits per heavy atom. The summed E-state index contributed by atoms with van der Waals surface area (Å²) in [4.78, 5) is 5.61. The molecular weight excluding hydrogens is 210 g/mol. The van der Waals surface area contributed by atoms with E-state index in [1.165, 1.54) is 5.56 Å². The molecule has 17 heavy (non-hydrogen) atoms. The van der Waals surface area contributed by atoms with Crippen molar-refractivity contribution in [3.8, 4) is 0 Å². The van der Waals surface area contributed by atoms with Crippen molar-refractivity contribution < 1.29 is 4.84 Å². The van der Waals surface area contributed by atoms with Crippen molar-refractivity contribution in [3.63, 3.8) is 0 Å². The van der Waals surface area contributed by atoms with Crippen LogP contribution < -0.4 is 0 Å². The van der Waals surface area contributed by atoms with Crippen molar-refractivity contribution in [2.75, 3.05) is 0 Å². The minimum Gasteiger partial charge on any atom is -0.388 e. The number of nitrogens with zero attached hydrogens (tertiary/aromatic N) is 1. The molecule has 0 aliphatic rings. The summed E-state index contributed by atoms with van der Waals surface area (Å²) >= 11 is 0. The van der Waals surface area contributed by atoms with Crippen molar-refractivity contribution in [3.05, 3.63) is 35.9 Å². The van der Waals surface area contributed by atoms with Crippen molar-refractivity contribution in [2.24, 2.45) is 10.6 Å². The van der Waals surface area contributed by atoms with E-state index in [1.54, 1.807) is 0 Å². The fourth-order valence-electron chi connectivity index (χ4n) is 1.47. The highest BCUT2D eigenvalue weighted by Gasteiger charge is 2.12. The lowest BCUT2D eigenvalue weighted by Gasteiger charge is -2.16. The van der Waals surface area contributed by atoms with Gasteiger partial charge in [-0.1, -0.05) is 69.6 Å². The van der Waals surface area contributed by atoms with Gasteiger partial charge >= 0.3 is 0 Å². The van der Waals surface area contributed by atoms with Gasteiger partial charge in [0, 0.05) is 11.6 Å². The lowest BCUT2D eigenvalue weighted by molar-refractivity contribution is 0.0512. The van der Waals surface area contributed by atoms with Gasteiger partial charge in [0.1, 0.15) is 0 Å². The number of rotatable bonds is 5. The number of hydrogen-bond acceptors (Lipinski definition) is 2. The van der Waals surface area contributed by atoms with Gasteiger partial charge in [-0.15, -0.1) is 0 Å². The van der Waals surface area contributed by atoms with Crippen LogP contribution in [0.2, 0.25) is 0 Å². The van der Waals surface area contributed by atoms with E-state index in [1.807, 2.05) is 24.4 Å². The Kier molecular flexibility index (Phi) is 5.20. The molecule has 0 saturated carbocycles. The van der Waals surface area contributed by atoms with Gasteiger partial charge < -0.3 is 4.84 Å². The van der Waals surface area contributed by atoms with Gasteiger partial charge in [0.2, 0.25) is 0 Å². The largest absolute Gasteiger partial charge is 0.388 e. The maximum absolute atomic E-state index is 5.61. The van der Waals surface area contributed by atoms with Gasteiger partial charge in [0.15, 0.2) is 6.10 Å². The Labute approximate surface area is 105 Å². The van der Waals surface area contributed by atoms with Crippen molar-refractivity contribution in [2.45, 2.75) is 46.6 Å². The molecule has 0 bridgehead atoms. The fourth-order valence-corrected chi connectivity index (χ4v) is 1.47. The summed E-state index contributed by atoms with van der Waals surface area (Å²) in [5, 5.41) is 4.11. The van der Waals surface area contributed by atoms with Crippen LogP contribution in [0.5, 0.6) is 0 Å². The first kappa shape index (κ1) is 13.8. The molecule has 0 amide bonds. The molecule has 1 rings (SSSR count). The molecule has 1 aromatic carbocycles. The second-order valence-corrected chi connectivity index (χ2v) is 5.39. The zero-order valence-corrected chi connectivity index (χ0v) is 11.3. The summed E-state index contributed by atoms with van der Waals surface area (Å²) in [5.41, 5.74) is 1.26. The molecule has 0 aromatic heterocycles. The van der Waals surface area contributed by atoms with E-state index in [9.17, 15) is 0 Å². The summed E-state index contributed by atoms with van der Waals surface area (Å²) in [7, 11) is 0. The molecule has 2 nitrogen and oxygen atoms in total. The second-order valence-electron chi connectivity index (χ2n) is 5.39. The third-order valence-corrected chi connectivity index (χ3v) is 2.35. The van der Waals surface area contributed by atoms with E-state index in [0.717, 1.165) is 12.8 Å². The van der Waals surface area contributed by atoms with Crippen LogP contribution >= 0.6 is 0 Å². The zero-order chi connectivity index (χ0) is 12.7. The van der Waals surface area contributed by atoms with Crippen LogP contribution in [0.3, 0.4) is 0 Å². The number of benzene rings is 1. The van der Waals surface area contributed by atoms with Gasteiger partial charge in [-0.25, -0.2) is 0 Å². The van der Waals surface area contributed by atoms with Gasteiger partial charge in [-0.05, 0) is 12.0 Å². The lowest BCUT2D eigenvalue weighted by atomic mass is 9.99. The lowest BCUT2D eigenvalue weighted by Crippen LogP contribution is -2.08. The van der Waals surface area contributed by atoms with Gasteiger partial charge in [0.25, 0.3) is 0 Å². The molecule has 0 saturated heterocycles. The molecule has 0 fully saturated rings. The van der Waals surface area contributed by atoms with E-state index in [-0.39, 0.29) is 11.5 Å². The summed E-state index contributed by atoms with van der Waals surface area (Å²) in [5.74, 6) is 0. The molecule has 2 heteroatoms. The first-order valence-corrected chi connectivity index (χ1v) is 6.28. The molecule has 0 radical (unpaired) electrons. The fraction of sp³-hybridized carbons (Fsp3) is 0.533. The SMILES string of the molecule is CCC[C@H](O/N=C/C(C)(C)C)c1ccccc1. The first-order valence-electron chi connectivity index (χ1n) is 6.28. The Balaban J connectivity index is 2.65. The van der Waals surface area contributed by atoms with Crippen molar-refractivity contribution in [1.29, 1.82) is 0 Å². The molecule has 0 spiro atoms. The smallest absolute Gasteiger partial charge is 0.152 e. The van der Waals surface area contributed by atoms with Gasteiger partial charge in [-0.2, -0.15) is 0 Å². The highest BCUT2D eigenvalue weighted by molar-refractivity contribution is 5.63. The van der Waals surface area contributed by atoms with Crippen LogP contribution in [0.1, 0.15) is 52.2 Å². The summed E-state index contributed by atoms with van der Waals surface area (Å²) in [6, 6.07) is 10.3. The molecule has 1 atom stereocenters. The first-order chi connectivity index (χ1) is 8.03. The topological polar surface area (TPSA) is 21.6 Å². The summed E-state index contributed by atoms with van der Waals surface area (Å²) < 4.78 is 0. The summed E-state index contributed by atoms with van der Waals surface area (Å²) in [6.45, 7) is 8.48. The molecule has 0 heterocycles. The molecule has 0 unspecified atom stereocenters. The minimum absolute atomic E-state index is 0.0629. The highest BCUT2D eigenvalue weighted by Crippen LogP contribution is 2.23. The average Bonchev–Trinajstić information content (AvgIpc) is 2.27. The highest BCUT2D eigenvalue weighted by atomic mass is 16.6. The maximum atomic E-state index is 5.61. The van der Waals surface area contributed by atoms with Gasteiger partial charge in [0.05, 0.1) is 0 Å². The van der Waals surface area contributed by atoms with Crippen LogP contribution in [-0.4, -0.2) is 6.21 Å². The number of oxime groups is 1. The van der Waals surface area contributed by atoms with Crippen LogP contribution in [0.25, 0.3) is 0 Å². The molecule has 0 aliphatic heterocycles. The summed E-state index contributed by atoms with van der Waals surface area (Å²) in [6.07, 6.45) is 4.01.